The van der Waals surface area contributed by atoms with Gasteiger partial charge in [0.2, 0.25) is 0 Å². The zero-order valence-corrected chi connectivity index (χ0v) is 15.6. The van der Waals surface area contributed by atoms with Crippen LogP contribution in [0, 0.1) is 17.5 Å². The van der Waals surface area contributed by atoms with Crippen molar-refractivity contribution in [1.29, 1.82) is 0 Å². The van der Waals surface area contributed by atoms with Gasteiger partial charge in [0.1, 0.15) is 18.2 Å². The summed E-state index contributed by atoms with van der Waals surface area (Å²) in [5, 5.41) is 4.09. The topological polar surface area (TPSA) is 90.5 Å². The summed E-state index contributed by atoms with van der Waals surface area (Å²) in [6, 6.07) is 1.05. The van der Waals surface area contributed by atoms with Gasteiger partial charge >= 0.3 is 0 Å². The Bertz CT molecular complexity index is 1070. The van der Waals surface area contributed by atoms with Crippen LogP contribution in [-0.2, 0) is 27.8 Å². The van der Waals surface area contributed by atoms with Crippen molar-refractivity contribution in [2.75, 3.05) is 12.9 Å². The number of hydrogen-bond acceptors (Lipinski definition) is 6. The van der Waals surface area contributed by atoms with Crippen molar-refractivity contribution in [3.05, 3.63) is 58.3 Å². The second kappa shape index (κ2) is 6.52. The van der Waals surface area contributed by atoms with Gasteiger partial charge in [-0.15, -0.1) is 0 Å². The number of fused-ring (bicyclic) bond motifs is 1. The highest BCUT2D eigenvalue weighted by atomic mass is 32.2. The van der Waals surface area contributed by atoms with Gasteiger partial charge in [-0.3, -0.25) is 4.90 Å². The normalized spacial score (nSPS) is 20.4. The van der Waals surface area contributed by atoms with Crippen LogP contribution in [0.1, 0.15) is 23.2 Å². The molecule has 11 heteroatoms. The molecule has 0 saturated heterocycles. The second-order valence-electron chi connectivity index (χ2n) is 6.91. The van der Waals surface area contributed by atoms with Gasteiger partial charge in [0, 0.05) is 37.3 Å². The number of nitrogens with zero attached hydrogens (tertiary/aromatic N) is 3. The van der Waals surface area contributed by atoms with E-state index in [9.17, 15) is 21.6 Å². The van der Waals surface area contributed by atoms with E-state index in [0.717, 1.165) is 22.0 Å². The smallest absolute Gasteiger partial charge is 0.250 e. The number of ether oxygens (including phenoxy) is 1. The van der Waals surface area contributed by atoms with Crippen molar-refractivity contribution in [1.82, 2.24) is 14.1 Å². The first-order chi connectivity index (χ1) is 13.1. The van der Waals surface area contributed by atoms with Gasteiger partial charge in [-0.2, -0.15) is 9.19 Å². The van der Waals surface area contributed by atoms with Crippen molar-refractivity contribution >= 4 is 15.8 Å². The van der Waals surface area contributed by atoms with Gasteiger partial charge in [0.15, 0.2) is 11.6 Å². The fourth-order valence-electron chi connectivity index (χ4n) is 3.44. The third-order valence-corrected chi connectivity index (χ3v) is 5.73. The van der Waals surface area contributed by atoms with Crippen LogP contribution >= 0.6 is 0 Å². The van der Waals surface area contributed by atoms with E-state index in [1.54, 1.807) is 0 Å². The molecule has 150 valence electrons. The number of benzene rings is 1. The second-order valence-corrected chi connectivity index (χ2v) is 8.75. The number of hydrogen-bond donors (Lipinski definition) is 1. The van der Waals surface area contributed by atoms with Crippen LogP contribution in [0.4, 0.5) is 13.2 Å². The molecule has 0 unspecified atom stereocenters. The monoisotopic (exact) mass is 414 g/mol. The summed E-state index contributed by atoms with van der Waals surface area (Å²) >= 11 is 0. The van der Waals surface area contributed by atoms with Gasteiger partial charge in [-0.25, -0.2) is 21.6 Å². The molecule has 2 N–H and O–H groups in total. The molecule has 2 aliphatic rings. The van der Waals surface area contributed by atoms with Gasteiger partial charge in [0.05, 0.1) is 29.3 Å². The molecule has 0 saturated carbocycles. The van der Waals surface area contributed by atoms with E-state index in [1.807, 2.05) is 4.90 Å². The van der Waals surface area contributed by atoms with Gasteiger partial charge < -0.3 is 10.5 Å². The lowest BCUT2D eigenvalue weighted by atomic mass is 10.0. The molecule has 1 aromatic heterocycles. The van der Waals surface area contributed by atoms with Crippen LogP contribution in [0.25, 0.3) is 5.76 Å². The van der Waals surface area contributed by atoms with Crippen LogP contribution in [0.15, 0.2) is 24.0 Å². The third kappa shape index (κ3) is 3.24. The maximum absolute atomic E-state index is 14.0. The van der Waals surface area contributed by atoms with Gasteiger partial charge in [-0.05, 0) is 6.07 Å². The Balaban J connectivity index is 1.52. The molecule has 7 nitrogen and oxygen atoms in total. The molecule has 0 spiro atoms. The molecule has 28 heavy (non-hydrogen) atoms. The zero-order chi connectivity index (χ0) is 20.2. The Morgan fingerprint density at radius 3 is 2.54 bits per heavy atom. The summed E-state index contributed by atoms with van der Waals surface area (Å²) in [7, 11) is -3.44. The molecule has 0 radical (unpaired) electrons. The Kier molecular flexibility index (Phi) is 4.38. The number of aromatic nitrogens is 2. The predicted molar refractivity (Wildman–Crippen MR) is 93.5 cm³/mol. The summed E-state index contributed by atoms with van der Waals surface area (Å²) in [6.07, 6.45) is 2.89. The maximum Gasteiger partial charge on any atom is 0.250 e. The van der Waals surface area contributed by atoms with Crippen LogP contribution in [-0.4, -0.2) is 41.4 Å². The van der Waals surface area contributed by atoms with E-state index in [-0.39, 0.29) is 29.7 Å². The van der Waals surface area contributed by atoms with E-state index in [1.165, 1.54) is 6.20 Å². The molecule has 1 aromatic carbocycles. The lowest BCUT2D eigenvalue weighted by Crippen LogP contribution is -2.39. The van der Waals surface area contributed by atoms with Crippen molar-refractivity contribution in [2.45, 2.75) is 25.6 Å². The minimum absolute atomic E-state index is 0.00634. The Hall–Kier alpha value is -2.53. The van der Waals surface area contributed by atoms with Crippen molar-refractivity contribution < 1.29 is 26.3 Å². The van der Waals surface area contributed by atoms with Crippen LogP contribution in [0.3, 0.4) is 0 Å². The fraction of sp³-hybridized carbons (Fsp3) is 0.353. The standard InChI is InChI=1S/C17H17F3N4O3S/c1-28(25,26)24-6-9-5-23(7-16(9)22-24)10-2-15(21)17(27-8-10)11-3-13(19)14(20)4-12(11)18/h3-4,6,10H,2,5,7-8,21H2,1H3/t10-/m1/s1. The molecule has 3 heterocycles. The van der Waals surface area contributed by atoms with Crippen molar-refractivity contribution in [2.24, 2.45) is 5.73 Å². The molecule has 1 atom stereocenters. The third-order valence-electron chi connectivity index (χ3n) is 4.86. The average molecular weight is 414 g/mol. The van der Waals surface area contributed by atoms with Crippen LogP contribution in [0.5, 0.6) is 0 Å². The average Bonchev–Trinajstić information content (AvgIpc) is 3.17. The molecule has 0 fully saturated rings. The highest BCUT2D eigenvalue weighted by Crippen LogP contribution is 2.33. The van der Waals surface area contributed by atoms with E-state index < -0.39 is 27.5 Å². The van der Waals surface area contributed by atoms with Crippen LogP contribution < -0.4 is 5.73 Å². The minimum Gasteiger partial charge on any atom is -0.489 e. The summed E-state index contributed by atoms with van der Waals surface area (Å²) in [5.74, 6) is -3.41. The lowest BCUT2D eigenvalue weighted by molar-refractivity contribution is 0.104. The zero-order valence-electron chi connectivity index (χ0n) is 14.8. The van der Waals surface area contributed by atoms with Crippen molar-refractivity contribution in [3.8, 4) is 0 Å². The molecule has 2 aliphatic heterocycles. The van der Waals surface area contributed by atoms with E-state index in [4.69, 9.17) is 10.5 Å². The fourth-order valence-corrected chi connectivity index (χ4v) is 4.01. The van der Waals surface area contributed by atoms with E-state index >= 15 is 0 Å². The first kappa shape index (κ1) is 18.8. The summed E-state index contributed by atoms with van der Waals surface area (Å²) in [5.41, 5.74) is 7.50. The number of rotatable bonds is 3. The largest absolute Gasteiger partial charge is 0.489 e. The lowest BCUT2D eigenvalue weighted by Gasteiger charge is -2.32. The first-order valence-corrected chi connectivity index (χ1v) is 10.3. The first-order valence-electron chi connectivity index (χ1n) is 8.42. The van der Waals surface area contributed by atoms with E-state index in [0.29, 0.717) is 31.3 Å². The molecule has 2 aromatic rings. The quantitative estimate of drug-likeness (QED) is 0.767. The summed E-state index contributed by atoms with van der Waals surface area (Å²) in [6.45, 7) is 1.07. The van der Waals surface area contributed by atoms with Gasteiger partial charge in [0.25, 0.3) is 10.0 Å². The molecule has 0 aliphatic carbocycles. The Morgan fingerprint density at radius 2 is 1.89 bits per heavy atom. The molecule has 0 amide bonds. The summed E-state index contributed by atoms with van der Waals surface area (Å²) < 4.78 is 70.3. The van der Waals surface area contributed by atoms with Crippen LogP contribution in [0.2, 0.25) is 0 Å². The van der Waals surface area contributed by atoms with Crippen molar-refractivity contribution in [3.63, 3.8) is 0 Å². The Labute approximate surface area is 159 Å². The highest BCUT2D eigenvalue weighted by molar-refractivity contribution is 7.89. The molecular formula is C17H17F3N4O3S. The SMILES string of the molecule is CS(=O)(=O)n1cc2c(n1)CN([C@H]1COC(c3cc(F)c(F)cc3F)=C(N)C1)C2. The molecule has 4 rings (SSSR count). The van der Waals surface area contributed by atoms with Gasteiger partial charge in [-0.1, -0.05) is 0 Å². The number of nitrogens with two attached hydrogens (primary N) is 1. The Morgan fingerprint density at radius 1 is 1.18 bits per heavy atom. The number of halogens is 3. The predicted octanol–water partition coefficient (Wildman–Crippen LogP) is 1.54. The minimum atomic E-state index is -3.44. The highest BCUT2D eigenvalue weighted by Gasteiger charge is 2.33. The molecule has 0 bridgehead atoms. The van der Waals surface area contributed by atoms with E-state index in [2.05, 4.69) is 5.10 Å². The summed E-state index contributed by atoms with van der Waals surface area (Å²) in [4.78, 5) is 2.02. The molecular weight excluding hydrogens is 397 g/mol. The maximum atomic E-state index is 14.0.